The van der Waals surface area contributed by atoms with Crippen LogP contribution < -0.4 is 5.73 Å². The first-order valence-electron chi connectivity index (χ1n) is 3.29. The van der Waals surface area contributed by atoms with E-state index in [9.17, 15) is 13.6 Å². The van der Waals surface area contributed by atoms with E-state index in [0.29, 0.717) is 0 Å². The number of aliphatic carboxylic acids is 1. The van der Waals surface area contributed by atoms with Gasteiger partial charge in [-0.25, -0.2) is 8.78 Å². The van der Waals surface area contributed by atoms with E-state index in [1.807, 2.05) is 0 Å². The van der Waals surface area contributed by atoms with Crippen molar-refractivity contribution in [3.63, 3.8) is 0 Å². The number of carboxylic acids is 1. The van der Waals surface area contributed by atoms with Crippen LogP contribution in [0.15, 0.2) is 0 Å². The molecule has 2 atom stereocenters. The summed E-state index contributed by atoms with van der Waals surface area (Å²) in [5.41, 5.74) is 5.20. The summed E-state index contributed by atoms with van der Waals surface area (Å²) in [5, 5.41) is 8.33. The lowest BCUT2D eigenvalue weighted by Crippen LogP contribution is -2.28. The summed E-state index contributed by atoms with van der Waals surface area (Å²) in [6.07, 6.45) is -0.633. The van der Waals surface area contributed by atoms with Crippen LogP contribution in [0.3, 0.4) is 0 Å². The zero-order chi connectivity index (χ0) is 8.65. The van der Waals surface area contributed by atoms with Crippen molar-refractivity contribution in [2.75, 3.05) is 0 Å². The lowest BCUT2D eigenvalue weighted by Gasteiger charge is -2.13. The van der Waals surface area contributed by atoms with Gasteiger partial charge in [0.2, 0.25) is 0 Å². The smallest absolute Gasteiger partial charge is 0.312 e. The van der Waals surface area contributed by atoms with Gasteiger partial charge in [-0.3, -0.25) is 4.79 Å². The van der Waals surface area contributed by atoms with Gasteiger partial charge in [0.25, 0.3) is 5.92 Å². The molecule has 11 heavy (non-hydrogen) atoms. The van der Waals surface area contributed by atoms with Crippen molar-refractivity contribution in [3.05, 3.63) is 0 Å². The predicted molar refractivity (Wildman–Crippen MR) is 33.3 cm³/mol. The third-order valence-corrected chi connectivity index (χ3v) is 1.88. The van der Waals surface area contributed by atoms with Crippen LogP contribution in [0.1, 0.15) is 12.8 Å². The van der Waals surface area contributed by atoms with E-state index in [1.165, 1.54) is 0 Å². The largest absolute Gasteiger partial charge is 0.481 e. The molecule has 2 unspecified atom stereocenters. The molecule has 0 aromatic rings. The lowest BCUT2D eigenvalue weighted by atomic mass is 10.1. The Morgan fingerprint density at radius 1 is 1.64 bits per heavy atom. The Morgan fingerprint density at radius 2 is 2.18 bits per heavy atom. The highest BCUT2D eigenvalue weighted by Crippen LogP contribution is 2.39. The average molecular weight is 165 g/mol. The van der Waals surface area contributed by atoms with Gasteiger partial charge in [-0.15, -0.1) is 0 Å². The molecule has 0 bridgehead atoms. The van der Waals surface area contributed by atoms with Crippen LogP contribution >= 0.6 is 0 Å². The molecule has 0 heterocycles. The van der Waals surface area contributed by atoms with Crippen molar-refractivity contribution >= 4 is 5.97 Å². The lowest BCUT2D eigenvalue weighted by molar-refractivity contribution is -0.153. The molecular formula is C6H9F2NO2. The molecule has 0 saturated heterocycles. The second kappa shape index (κ2) is 2.41. The summed E-state index contributed by atoms with van der Waals surface area (Å²) in [4.78, 5) is 10.2. The quantitative estimate of drug-likeness (QED) is 0.592. The van der Waals surface area contributed by atoms with E-state index in [4.69, 9.17) is 10.8 Å². The first-order chi connectivity index (χ1) is 4.93. The monoisotopic (exact) mass is 165 g/mol. The third-order valence-electron chi connectivity index (χ3n) is 1.88. The molecule has 1 aliphatic rings. The first-order valence-corrected chi connectivity index (χ1v) is 3.29. The molecule has 0 spiro atoms. The Hall–Kier alpha value is -0.710. The van der Waals surface area contributed by atoms with Crippen LogP contribution in [0.2, 0.25) is 0 Å². The highest BCUT2D eigenvalue weighted by Gasteiger charge is 2.51. The van der Waals surface area contributed by atoms with Gasteiger partial charge in [-0.1, -0.05) is 0 Å². The number of hydrogen-bond donors (Lipinski definition) is 2. The minimum atomic E-state index is -3.12. The van der Waals surface area contributed by atoms with Crippen LogP contribution in [0.4, 0.5) is 8.78 Å². The van der Waals surface area contributed by atoms with Crippen LogP contribution in [0, 0.1) is 5.92 Å². The Labute approximate surface area is 62.2 Å². The summed E-state index contributed by atoms with van der Waals surface area (Å²) >= 11 is 0. The van der Waals surface area contributed by atoms with Crippen LogP contribution in [0.25, 0.3) is 0 Å². The van der Waals surface area contributed by atoms with Crippen molar-refractivity contribution in [1.82, 2.24) is 0 Å². The molecular weight excluding hydrogens is 156 g/mol. The molecule has 3 nitrogen and oxygen atoms in total. The molecule has 0 radical (unpaired) electrons. The number of alkyl halides is 2. The first kappa shape index (κ1) is 8.39. The Bertz CT molecular complexity index is 183. The number of hydrogen-bond acceptors (Lipinski definition) is 2. The predicted octanol–water partition coefficient (Wildman–Crippen LogP) is 0.444. The number of carbonyl (C=O) groups is 1. The fourth-order valence-electron chi connectivity index (χ4n) is 1.33. The van der Waals surface area contributed by atoms with Crippen molar-refractivity contribution < 1.29 is 18.7 Å². The van der Waals surface area contributed by atoms with Gasteiger partial charge in [0.15, 0.2) is 0 Å². The zero-order valence-electron chi connectivity index (χ0n) is 5.76. The van der Waals surface area contributed by atoms with Crippen molar-refractivity contribution in [2.45, 2.75) is 24.8 Å². The van der Waals surface area contributed by atoms with Gasteiger partial charge in [0.1, 0.15) is 5.92 Å². The summed E-state index contributed by atoms with van der Waals surface area (Å²) in [6, 6.07) is -0.675. The average Bonchev–Trinajstić information content (AvgIpc) is 2.04. The Morgan fingerprint density at radius 3 is 2.36 bits per heavy atom. The maximum Gasteiger partial charge on any atom is 0.312 e. The second-order valence-electron chi connectivity index (χ2n) is 2.85. The molecule has 1 rings (SSSR count). The van der Waals surface area contributed by atoms with Gasteiger partial charge in [-0.05, 0) is 6.42 Å². The number of rotatable bonds is 1. The number of nitrogens with two attached hydrogens (primary N) is 1. The Balaban J connectivity index is 2.74. The number of halogens is 2. The van der Waals surface area contributed by atoms with Crippen molar-refractivity contribution in [1.29, 1.82) is 0 Å². The van der Waals surface area contributed by atoms with Crippen molar-refractivity contribution in [2.24, 2.45) is 11.7 Å². The van der Waals surface area contributed by atoms with E-state index in [-0.39, 0.29) is 6.42 Å². The van der Waals surface area contributed by atoms with E-state index in [0.717, 1.165) is 0 Å². The van der Waals surface area contributed by atoms with E-state index in [1.54, 1.807) is 0 Å². The van der Waals surface area contributed by atoms with Gasteiger partial charge in [-0.2, -0.15) is 0 Å². The van der Waals surface area contributed by atoms with Crippen LogP contribution in [0.5, 0.6) is 0 Å². The van der Waals surface area contributed by atoms with Crippen LogP contribution in [-0.2, 0) is 4.79 Å². The summed E-state index contributed by atoms with van der Waals surface area (Å²) in [5.74, 6) is -6.16. The molecule has 1 fully saturated rings. The fraction of sp³-hybridized carbons (Fsp3) is 0.833. The summed E-state index contributed by atoms with van der Waals surface area (Å²) in [7, 11) is 0. The molecule has 64 valence electrons. The van der Waals surface area contributed by atoms with Gasteiger partial charge in [0, 0.05) is 12.5 Å². The topological polar surface area (TPSA) is 63.3 Å². The summed E-state index contributed by atoms with van der Waals surface area (Å²) in [6.45, 7) is 0. The molecule has 1 saturated carbocycles. The molecule has 0 aliphatic heterocycles. The van der Waals surface area contributed by atoms with E-state index >= 15 is 0 Å². The SMILES string of the molecule is NC1CC(C(=O)O)C(F)(F)C1. The Kier molecular flexibility index (Phi) is 1.83. The van der Waals surface area contributed by atoms with Crippen molar-refractivity contribution in [3.8, 4) is 0 Å². The van der Waals surface area contributed by atoms with Gasteiger partial charge >= 0.3 is 5.97 Å². The zero-order valence-corrected chi connectivity index (χ0v) is 5.76. The van der Waals surface area contributed by atoms with E-state index in [2.05, 4.69) is 0 Å². The maximum absolute atomic E-state index is 12.6. The molecule has 0 aromatic heterocycles. The third kappa shape index (κ3) is 1.48. The molecule has 0 amide bonds. The van der Waals surface area contributed by atoms with Gasteiger partial charge in [0.05, 0.1) is 0 Å². The standard InChI is InChI=1S/C6H9F2NO2/c7-6(8)2-3(9)1-4(6)5(10)11/h3-4H,1-2,9H2,(H,10,11). The molecule has 5 heteroatoms. The molecule has 1 aliphatic carbocycles. The minimum Gasteiger partial charge on any atom is -0.481 e. The highest BCUT2D eigenvalue weighted by atomic mass is 19.3. The molecule has 0 aromatic carbocycles. The number of carboxylic acid groups (broad SMARTS) is 1. The highest BCUT2D eigenvalue weighted by molar-refractivity contribution is 5.71. The minimum absolute atomic E-state index is 0.123. The normalized spacial score (nSPS) is 35.5. The summed E-state index contributed by atoms with van der Waals surface area (Å²) < 4.78 is 25.3. The van der Waals surface area contributed by atoms with E-state index < -0.39 is 30.3 Å². The van der Waals surface area contributed by atoms with Crippen LogP contribution in [-0.4, -0.2) is 23.0 Å². The fourth-order valence-corrected chi connectivity index (χ4v) is 1.33. The maximum atomic E-state index is 12.6. The molecule has 3 N–H and O–H groups in total. The van der Waals surface area contributed by atoms with Gasteiger partial charge < -0.3 is 10.8 Å². The second-order valence-corrected chi connectivity index (χ2v) is 2.85.